The maximum Gasteiger partial charge on any atom is 0.122 e. The number of hydrogen-bond acceptors (Lipinski definition) is 3. The lowest BCUT2D eigenvalue weighted by Crippen LogP contribution is -2.38. The third kappa shape index (κ3) is 3.41. The van der Waals surface area contributed by atoms with Crippen LogP contribution in [0.3, 0.4) is 0 Å². The van der Waals surface area contributed by atoms with Gasteiger partial charge in [-0.15, -0.1) is 0 Å². The van der Waals surface area contributed by atoms with Crippen LogP contribution in [0.1, 0.15) is 50.3 Å². The van der Waals surface area contributed by atoms with Gasteiger partial charge in [0, 0.05) is 32.2 Å². The topological polar surface area (TPSA) is 30.5 Å². The van der Waals surface area contributed by atoms with E-state index in [1.54, 1.807) is 0 Å². The van der Waals surface area contributed by atoms with Gasteiger partial charge in [0.2, 0.25) is 0 Å². The van der Waals surface area contributed by atoms with Crippen LogP contribution in [-0.4, -0.2) is 26.4 Å². The zero-order valence-electron chi connectivity index (χ0n) is 13.3. The average Bonchev–Trinajstić information content (AvgIpc) is 2.96. The van der Waals surface area contributed by atoms with E-state index in [2.05, 4.69) is 37.4 Å². The average molecular weight is 289 g/mol. The van der Waals surface area contributed by atoms with Gasteiger partial charge in [-0.2, -0.15) is 0 Å². The molecule has 1 atom stereocenters. The summed E-state index contributed by atoms with van der Waals surface area (Å²) in [6.45, 7) is 8.36. The van der Waals surface area contributed by atoms with Gasteiger partial charge in [0.25, 0.3) is 0 Å². The lowest BCUT2D eigenvalue weighted by Gasteiger charge is -2.35. The van der Waals surface area contributed by atoms with Crippen molar-refractivity contribution >= 4 is 0 Å². The van der Waals surface area contributed by atoms with Crippen LogP contribution in [0.15, 0.2) is 18.2 Å². The Morgan fingerprint density at radius 3 is 2.81 bits per heavy atom. The molecule has 1 aromatic carbocycles. The Balaban J connectivity index is 1.64. The molecule has 1 fully saturated rings. The molecule has 0 saturated carbocycles. The van der Waals surface area contributed by atoms with Crippen molar-refractivity contribution in [2.45, 2.75) is 45.6 Å². The first-order valence-corrected chi connectivity index (χ1v) is 8.27. The molecular formula is C18H27NO2. The Hall–Kier alpha value is -1.06. The lowest BCUT2D eigenvalue weighted by molar-refractivity contribution is 0.0228. The fourth-order valence-corrected chi connectivity index (χ4v) is 3.33. The van der Waals surface area contributed by atoms with Gasteiger partial charge in [-0.1, -0.05) is 26.0 Å². The Morgan fingerprint density at radius 1 is 1.24 bits per heavy atom. The summed E-state index contributed by atoms with van der Waals surface area (Å²) in [5.74, 6) is 1.07. The Labute approximate surface area is 128 Å². The summed E-state index contributed by atoms with van der Waals surface area (Å²) >= 11 is 0. The van der Waals surface area contributed by atoms with Gasteiger partial charge in [0.05, 0.1) is 6.61 Å². The normalized spacial score (nSPS) is 21.6. The van der Waals surface area contributed by atoms with Crippen molar-refractivity contribution in [3.8, 4) is 5.75 Å². The van der Waals surface area contributed by atoms with Gasteiger partial charge < -0.3 is 14.8 Å². The van der Waals surface area contributed by atoms with Crippen LogP contribution in [0.2, 0.25) is 0 Å². The van der Waals surface area contributed by atoms with Crippen LogP contribution < -0.4 is 10.1 Å². The van der Waals surface area contributed by atoms with Crippen LogP contribution in [0.4, 0.5) is 0 Å². The number of rotatable bonds is 5. The standard InChI is InChI=1S/C18H27NO2/c1-3-16(19-13-18(2)7-10-20-11-8-18)14-4-5-17-15(12-14)6-9-21-17/h4-5,12,16,19H,3,6-11,13H2,1-2H3. The Bertz CT molecular complexity index is 480. The Morgan fingerprint density at radius 2 is 2.05 bits per heavy atom. The second-order valence-corrected chi connectivity index (χ2v) is 6.73. The van der Waals surface area contributed by atoms with Crippen molar-refractivity contribution in [1.82, 2.24) is 5.32 Å². The third-order valence-electron chi connectivity index (χ3n) is 5.00. The minimum Gasteiger partial charge on any atom is -0.493 e. The van der Waals surface area contributed by atoms with E-state index in [1.165, 1.54) is 11.1 Å². The molecule has 116 valence electrons. The van der Waals surface area contributed by atoms with Crippen LogP contribution in [0.25, 0.3) is 0 Å². The Kier molecular flexibility index (Phi) is 4.51. The quantitative estimate of drug-likeness (QED) is 0.900. The van der Waals surface area contributed by atoms with E-state index in [-0.39, 0.29) is 0 Å². The van der Waals surface area contributed by atoms with E-state index in [1.807, 2.05) is 0 Å². The first kappa shape index (κ1) is 14.9. The molecule has 1 aromatic rings. The highest BCUT2D eigenvalue weighted by Gasteiger charge is 2.28. The van der Waals surface area contributed by atoms with Crippen molar-refractivity contribution in [2.75, 3.05) is 26.4 Å². The molecule has 2 heterocycles. The number of nitrogens with one attached hydrogen (secondary N) is 1. The maximum atomic E-state index is 5.60. The van der Waals surface area contributed by atoms with Crippen molar-refractivity contribution in [2.24, 2.45) is 5.41 Å². The zero-order chi connectivity index (χ0) is 14.7. The van der Waals surface area contributed by atoms with Gasteiger partial charge in [0.1, 0.15) is 5.75 Å². The lowest BCUT2D eigenvalue weighted by atomic mass is 9.82. The van der Waals surface area contributed by atoms with Gasteiger partial charge in [-0.05, 0) is 41.9 Å². The minimum atomic E-state index is 0.380. The van der Waals surface area contributed by atoms with Crippen LogP contribution in [-0.2, 0) is 11.2 Å². The summed E-state index contributed by atoms with van der Waals surface area (Å²) in [5, 5.41) is 3.79. The maximum absolute atomic E-state index is 5.60. The summed E-state index contributed by atoms with van der Waals surface area (Å²) in [6, 6.07) is 7.13. The van der Waals surface area contributed by atoms with Crippen molar-refractivity contribution < 1.29 is 9.47 Å². The molecular weight excluding hydrogens is 262 g/mol. The number of ether oxygens (including phenoxy) is 2. The van der Waals surface area contributed by atoms with Crippen LogP contribution in [0.5, 0.6) is 5.75 Å². The van der Waals surface area contributed by atoms with E-state index in [9.17, 15) is 0 Å². The molecule has 0 amide bonds. The molecule has 0 spiro atoms. The molecule has 2 aliphatic heterocycles. The molecule has 0 bridgehead atoms. The molecule has 0 aliphatic carbocycles. The summed E-state index contributed by atoms with van der Waals surface area (Å²) in [6.07, 6.45) is 4.49. The summed E-state index contributed by atoms with van der Waals surface area (Å²) in [4.78, 5) is 0. The van der Waals surface area contributed by atoms with Crippen molar-refractivity contribution in [3.63, 3.8) is 0 Å². The highest BCUT2D eigenvalue weighted by Crippen LogP contribution is 2.32. The van der Waals surface area contributed by atoms with Gasteiger partial charge in [0.15, 0.2) is 0 Å². The molecule has 21 heavy (non-hydrogen) atoms. The monoisotopic (exact) mass is 289 g/mol. The second-order valence-electron chi connectivity index (χ2n) is 6.73. The summed E-state index contributed by atoms with van der Waals surface area (Å²) in [5.41, 5.74) is 3.15. The predicted octanol–water partition coefficient (Wildman–Crippen LogP) is 3.48. The van der Waals surface area contributed by atoms with Crippen molar-refractivity contribution in [3.05, 3.63) is 29.3 Å². The van der Waals surface area contributed by atoms with Gasteiger partial charge in [-0.3, -0.25) is 0 Å². The second kappa shape index (κ2) is 6.37. The highest BCUT2D eigenvalue weighted by atomic mass is 16.5. The molecule has 1 unspecified atom stereocenters. The minimum absolute atomic E-state index is 0.380. The van der Waals surface area contributed by atoms with E-state index in [0.29, 0.717) is 11.5 Å². The molecule has 3 rings (SSSR count). The molecule has 3 nitrogen and oxygen atoms in total. The molecule has 1 N–H and O–H groups in total. The number of benzene rings is 1. The largest absolute Gasteiger partial charge is 0.493 e. The zero-order valence-corrected chi connectivity index (χ0v) is 13.3. The summed E-state index contributed by atoms with van der Waals surface area (Å²) in [7, 11) is 0. The fourth-order valence-electron chi connectivity index (χ4n) is 3.33. The van der Waals surface area contributed by atoms with E-state index >= 15 is 0 Å². The van der Waals surface area contributed by atoms with Crippen LogP contribution >= 0.6 is 0 Å². The molecule has 0 radical (unpaired) electrons. The van der Waals surface area contributed by atoms with Gasteiger partial charge >= 0.3 is 0 Å². The van der Waals surface area contributed by atoms with Crippen LogP contribution in [0, 0.1) is 5.41 Å². The highest BCUT2D eigenvalue weighted by molar-refractivity contribution is 5.40. The van der Waals surface area contributed by atoms with E-state index in [4.69, 9.17) is 9.47 Å². The molecule has 3 heteroatoms. The fraction of sp³-hybridized carbons (Fsp3) is 0.667. The summed E-state index contributed by atoms with van der Waals surface area (Å²) < 4.78 is 11.1. The molecule has 1 saturated heterocycles. The van der Waals surface area contributed by atoms with E-state index in [0.717, 1.165) is 57.8 Å². The number of hydrogen-bond donors (Lipinski definition) is 1. The smallest absolute Gasteiger partial charge is 0.122 e. The first-order valence-electron chi connectivity index (χ1n) is 8.27. The first-order chi connectivity index (χ1) is 10.2. The van der Waals surface area contributed by atoms with Gasteiger partial charge in [-0.25, -0.2) is 0 Å². The number of fused-ring (bicyclic) bond motifs is 1. The SMILES string of the molecule is CCC(NCC1(C)CCOCC1)c1ccc2c(c1)CCO2. The predicted molar refractivity (Wildman–Crippen MR) is 84.8 cm³/mol. The van der Waals surface area contributed by atoms with E-state index < -0.39 is 0 Å². The third-order valence-corrected chi connectivity index (χ3v) is 5.00. The molecule has 2 aliphatic rings. The molecule has 0 aromatic heterocycles. The van der Waals surface area contributed by atoms with Crippen molar-refractivity contribution in [1.29, 1.82) is 0 Å².